The summed E-state index contributed by atoms with van der Waals surface area (Å²) in [5.74, 6) is 0.896. The Morgan fingerprint density at radius 3 is 2.73 bits per heavy atom. The normalized spacial score (nSPS) is 19.1. The zero-order valence-electron chi connectivity index (χ0n) is 9.60. The molecular formula is C12H22BrNO. The summed E-state index contributed by atoms with van der Waals surface area (Å²) < 4.78 is 0. The van der Waals surface area contributed by atoms with Crippen LogP contribution in [0.5, 0.6) is 0 Å². The molecule has 0 aromatic carbocycles. The molecule has 1 fully saturated rings. The van der Waals surface area contributed by atoms with Gasteiger partial charge in [-0.15, -0.1) is 0 Å². The van der Waals surface area contributed by atoms with Gasteiger partial charge in [-0.2, -0.15) is 0 Å². The fourth-order valence-corrected chi connectivity index (χ4v) is 2.81. The molecule has 1 saturated carbocycles. The van der Waals surface area contributed by atoms with Crippen molar-refractivity contribution in [1.29, 1.82) is 0 Å². The monoisotopic (exact) mass is 275 g/mol. The quantitative estimate of drug-likeness (QED) is 0.741. The van der Waals surface area contributed by atoms with E-state index in [4.69, 9.17) is 0 Å². The van der Waals surface area contributed by atoms with Gasteiger partial charge in [-0.1, -0.05) is 42.1 Å². The van der Waals surface area contributed by atoms with Crippen LogP contribution in [0.4, 0.5) is 0 Å². The third kappa shape index (κ3) is 5.55. The van der Waals surface area contributed by atoms with Crippen molar-refractivity contribution in [3.05, 3.63) is 0 Å². The Balaban J connectivity index is 2.07. The highest BCUT2D eigenvalue weighted by Crippen LogP contribution is 2.27. The topological polar surface area (TPSA) is 29.1 Å². The van der Waals surface area contributed by atoms with Crippen LogP contribution in [0, 0.1) is 5.92 Å². The second kappa shape index (κ2) is 7.26. The molecule has 0 aliphatic heterocycles. The van der Waals surface area contributed by atoms with Crippen LogP contribution >= 0.6 is 15.9 Å². The molecule has 1 amide bonds. The summed E-state index contributed by atoms with van der Waals surface area (Å²) in [4.78, 5) is 12.0. The molecule has 3 heteroatoms. The first-order valence-electron chi connectivity index (χ1n) is 6.13. The van der Waals surface area contributed by atoms with E-state index in [1.807, 2.05) is 0 Å². The molecule has 1 unspecified atom stereocenters. The van der Waals surface area contributed by atoms with Crippen molar-refractivity contribution in [2.24, 2.45) is 5.92 Å². The molecule has 0 aromatic rings. The zero-order chi connectivity index (χ0) is 11.1. The summed E-state index contributed by atoms with van der Waals surface area (Å²) in [6.07, 6.45) is 8.16. The van der Waals surface area contributed by atoms with E-state index >= 15 is 0 Å². The number of halogens is 1. The first-order chi connectivity index (χ1) is 7.22. The van der Waals surface area contributed by atoms with E-state index in [0.717, 1.165) is 25.8 Å². The zero-order valence-corrected chi connectivity index (χ0v) is 11.2. The average molecular weight is 276 g/mol. The maximum Gasteiger partial charge on any atom is 0.220 e. The van der Waals surface area contributed by atoms with Crippen molar-refractivity contribution in [3.8, 4) is 0 Å². The Morgan fingerprint density at radius 1 is 1.47 bits per heavy atom. The van der Waals surface area contributed by atoms with Crippen molar-refractivity contribution in [1.82, 2.24) is 5.32 Å². The Bertz CT molecular complexity index is 190. The molecule has 0 radical (unpaired) electrons. The van der Waals surface area contributed by atoms with Crippen LogP contribution in [0.25, 0.3) is 0 Å². The summed E-state index contributed by atoms with van der Waals surface area (Å²) in [7, 11) is 0. The maximum atomic E-state index is 11.6. The van der Waals surface area contributed by atoms with E-state index in [-0.39, 0.29) is 5.91 Å². The lowest BCUT2D eigenvalue weighted by atomic mass is 10.0. The van der Waals surface area contributed by atoms with Crippen LogP contribution in [0.2, 0.25) is 0 Å². The molecule has 0 spiro atoms. The second-order valence-electron chi connectivity index (χ2n) is 4.54. The van der Waals surface area contributed by atoms with Gasteiger partial charge in [0.2, 0.25) is 5.91 Å². The van der Waals surface area contributed by atoms with Crippen molar-refractivity contribution < 1.29 is 4.79 Å². The van der Waals surface area contributed by atoms with Gasteiger partial charge < -0.3 is 5.32 Å². The summed E-state index contributed by atoms with van der Waals surface area (Å²) >= 11 is 3.56. The predicted molar refractivity (Wildman–Crippen MR) is 67.2 cm³/mol. The van der Waals surface area contributed by atoms with Gasteiger partial charge in [0, 0.05) is 17.8 Å². The Morgan fingerprint density at radius 2 is 2.13 bits per heavy atom. The molecule has 88 valence electrons. The number of rotatable bonds is 6. The van der Waals surface area contributed by atoms with E-state index in [0.29, 0.717) is 10.7 Å². The molecule has 0 heterocycles. The second-order valence-corrected chi connectivity index (χ2v) is 5.84. The van der Waals surface area contributed by atoms with Crippen LogP contribution in [-0.4, -0.2) is 17.3 Å². The van der Waals surface area contributed by atoms with Crippen molar-refractivity contribution in [2.75, 3.05) is 6.54 Å². The van der Waals surface area contributed by atoms with Crippen LogP contribution in [-0.2, 0) is 4.79 Å². The fourth-order valence-electron chi connectivity index (χ4n) is 2.19. The van der Waals surface area contributed by atoms with Gasteiger partial charge in [-0.25, -0.2) is 0 Å². The Kier molecular flexibility index (Phi) is 6.30. The highest BCUT2D eigenvalue weighted by Gasteiger charge is 2.18. The summed E-state index contributed by atoms with van der Waals surface area (Å²) in [5.41, 5.74) is 0. The van der Waals surface area contributed by atoms with E-state index in [9.17, 15) is 4.79 Å². The van der Waals surface area contributed by atoms with Crippen LogP contribution < -0.4 is 5.32 Å². The first kappa shape index (κ1) is 13.0. The SMILES string of the molecule is CCCC(Br)CNC(=O)CC1CCCC1. The van der Waals surface area contributed by atoms with Gasteiger partial charge in [0.15, 0.2) is 0 Å². The van der Waals surface area contributed by atoms with Crippen molar-refractivity contribution in [2.45, 2.75) is 56.7 Å². The molecular weight excluding hydrogens is 254 g/mol. The molecule has 1 aliphatic rings. The fraction of sp³-hybridized carbons (Fsp3) is 0.917. The van der Waals surface area contributed by atoms with E-state index in [1.54, 1.807) is 0 Å². The lowest BCUT2D eigenvalue weighted by Gasteiger charge is -2.12. The number of amides is 1. The molecule has 1 rings (SSSR count). The molecule has 0 saturated heterocycles. The van der Waals surface area contributed by atoms with Gasteiger partial charge in [-0.05, 0) is 25.2 Å². The van der Waals surface area contributed by atoms with E-state index in [2.05, 4.69) is 28.2 Å². The molecule has 1 N–H and O–H groups in total. The number of hydrogen-bond acceptors (Lipinski definition) is 1. The minimum atomic E-state index is 0.238. The van der Waals surface area contributed by atoms with Gasteiger partial charge in [0.05, 0.1) is 0 Å². The Labute approximate surface area is 101 Å². The molecule has 15 heavy (non-hydrogen) atoms. The highest BCUT2D eigenvalue weighted by molar-refractivity contribution is 9.09. The third-order valence-electron chi connectivity index (χ3n) is 3.07. The minimum Gasteiger partial charge on any atom is -0.355 e. The van der Waals surface area contributed by atoms with Crippen LogP contribution in [0.15, 0.2) is 0 Å². The highest BCUT2D eigenvalue weighted by atomic mass is 79.9. The largest absolute Gasteiger partial charge is 0.355 e. The van der Waals surface area contributed by atoms with E-state index in [1.165, 1.54) is 25.7 Å². The molecule has 0 bridgehead atoms. The molecule has 2 nitrogen and oxygen atoms in total. The van der Waals surface area contributed by atoms with Gasteiger partial charge in [0.1, 0.15) is 0 Å². The van der Waals surface area contributed by atoms with Gasteiger partial charge in [0.25, 0.3) is 0 Å². The summed E-state index contributed by atoms with van der Waals surface area (Å²) in [5, 5.41) is 3.01. The van der Waals surface area contributed by atoms with Crippen LogP contribution in [0.1, 0.15) is 51.9 Å². The van der Waals surface area contributed by atoms with Crippen molar-refractivity contribution >= 4 is 21.8 Å². The predicted octanol–water partition coefficient (Wildman–Crippen LogP) is 3.25. The number of carbonyl (C=O) groups excluding carboxylic acids is 1. The van der Waals surface area contributed by atoms with Gasteiger partial charge in [-0.3, -0.25) is 4.79 Å². The Hall–Kier alpha value is -0.0500. The number of carbonyl (C=O) groups is 1. The summed E-state index contributed by atoms with van der Waals surface area (Å²) in [6.45, 7) is 2.94. The average Bonchev–Trinajstić information content (AvgIpc) is 2.68. The minimum absolute atomic E-state index is 0.238. The number of alkyl halides is 1. The lowest BCUT2D eigenvalue weighted by Crippen LogP contribution is -2.30. The molecule has 1 atom stereocenters. The number of hydrogen-bond donors (Lipinski definition) is 1. The van der Waals surface area contributed by atoms with E-state index < -0.39 is 0 Å². The van der Waals surface area contributed by atoms with Crippen LogP contribution in [0.3, 0.4) is 0 Å². The first-order valence-corrected chi connectivity index (χ1v) is 7.04. The lowest BCUT2D eigenvalue weighted by molar-refractivity contribution is -0.121. The smallest absolute Gasteiger partial charge is 0.220 e. The molecule has 1 aliphatic carbocycles. The summed E-state index contributed by atoms with van der Waals surface area (Å²) in [6, 6.07) is 0. The van der Waals surface area contributed by atoms with Crippen molar-refractivity contribution in [3.63, 3.8) is 0 Å². The standard InChI is InChI=1S/C12H22BrNO/c1-2-5-11(13)9-14-12(15)8-10-6-3-4-7-10/h10-11H,2-9H2,1H3,(H,14,15). The third-order valence-corrected chi connectivity index (χ3v) is 3.85. The van der Waals surface area contributed by atoms with Gasteiger partial charge >= 0.3 is 0 Å². The number of nitrogens with one attached hydrogen (secondary N) is 1. The molecule has 0 aromatic heterocycles. The maximum absolute atomic E-state index is 11.6.